The molecule has 2 N–H and O–H groups in total. The number of benzene rings is 1. The Hall–Kier alpha value is -0.830. The quantitative estimate of drug-likeness (QED) is 0.815. The van der Waals surface area contributed by atoms with Gasteiger partial charge in [0.05, 0.1) is 6.16 Å². The molecule has 1 atom stereocenters. The fourth-order valence-electron chi connectivity index (χ4n) is 2.34. The van der Waals surface area contributed by atoms with Crippen LogP contribution in [-0.2, 0) is 26.1 Å². The van der Waals surface area contributed by atoms with E-state index in [4.69, 9.17) is 4.52 Å². The van der Waals surface area contributed by atoms with Crippen molar-refractivity contribution in [1.29, 1.82) is 0 Å². The van der Waals surface area contributed by atoms with Crippen LogP contribution in [0.25, 0.3) is 0 Å². The van der Waals surface area contributed by atoms with Crippen LogP contribution in [0.2, 0.25) is 0 Å². The molecular formula is C16H27O4P. The number of phenolic OH excluding ortho intramolecular Hbond substituents is 1. The third-order valence-electron chi connectivity index (χ3n) is 3.49. The Morgan fingerprint density at radius 3 is 1.90 bits per heavy atom. The van der Waals surface area contributed by atoms with Gasteiger partial charge in [0, 0.05) is 7.11 Å². The number of rotatable bonds is 3. The van der Waals surface area contributed by atoms with Gasteiger partial charge in [0.25, 0.3) is 0 Å². The van der Waals surface area contributed by atoms with Crippen molar-refractivity contribution >= 4 is 7.60 Å². The maximum Gasteiger partial charge on any atom is 0.332 e. The van der Waals surface area contributed by atoms with Crippen molar-refractivity contribution in [2.24, 2.45) is 0 Å². The van der Waals surface area contributed by atoms with E-state index in [0.717, 1.165) is 16.7 Å². The Kier molecular flexibility index (Phi) is 4.99. The zero-order valence-corrected chi connectivity index (χ0v) is 14.9. The molecule has 0 bridgehead atoms. The molecule has 0 heterocycles. The molecule has 0 aliphatic rings. The largest absolute Gasteiger partial charge is 0.508 e. The van der Waals surface area contributed by atoms with Crippen molar-refractivity contribution in [1.82, 2.24) is 0 Å². The van der Waals surface area contributed by atoms with Crippen molar-refractivity contribution in [2.75, 3.05) is 7.11 Å². The summed E-state index contributed by atoms with van der Waals surface area (Å²) in [6.45, 7) is 12.0. The highest BCUT2D eigenvalue weighted by Gasteiger charge is 2.28. The molecule has 5 heteroatoms. The van der Waals surface area contributed by atoms with Crippen molar-refractivity contribution < 1.29 is 19.1 Å². The molecule has 0 spiro atoms. The number of hydrogen-bond acceptors (Lipinski definition) is 3. The second-order valence-corrected chi connectivity index (χ2v) is 9.46. The van der Waals surface area contributed by atoms with E-state index in [1.54, 1.807) is 6.07 Å². The van der Waals surface area contributed by atoms with Crippen LogP contribution in [0.1, 0.15) is 58.2 Å². The molecule has 1 aromatic carbocycles. The van der Waals surface area contributed by atoms with Gasteiger partial charge in [0.1, 0.15) is 5.75 Å². The molecule has 0 aromatic heterocycles. The van der Waals surface area contributed by atoms with Gasteiger partial charge in [-0.25, -0.2) is 0 Å². The summed E-state index contributed by atoms with van der Waals surface area (Å²) in [5, 5.41) is 10.3. The van der Waals surface area contributed by atoms with Crippen LogP contribution in [-0.4, -0.2) is 17.1 Å². The van der Waals surface area contributed by atoms with E-state index in [0.29, 0.717) is 0 Å². The fourth-order valence-corrected chi connectivity index (χ4v) is 3.16. The SMILES string of the molecule is COP(=O)(O)Cc1cc(C(C)(C)C)c(O)cc1C(C)(C)C. The lowest BCUT2D eigenvalue weighted by atomic mass is 9.79. The number of phenols is 1. The Bertz CT molecular complexity index is 565. The monoisotopic (exact) mass is 314 g/mol. The van der Waals surface area contributed by atoms with Crippen LogP contribution >= 0.6 is 7.60 Å². The van der Waals surface area contributed by atoms with E-state index in [9.17, 15) is 14.6 Å². The van der Waals surface area contributed by atoms with E-state index in [1.165, 1.54) is 7.11 Å². The molecule has 0 amide bonds. The molecule has 0 saturated heterocycles. The lowest BCUT2D eigenvalue weighted by Crippen LogP contribution is -2.18. The van der Waals surface area contributed by atoms with Crippen LogP contribution in [0.5, 0.6) is 5.75 Å². The van der Waals surface area contributed by atoms with Crippen molar-refractivity contribution in [3.8, 4) is 5.75 Å². The summed E-state index contributed by atoms with van der Waals surface area (Å²) in [5.74, 6) is 0.223. The minimum Gasteiger partial charge on any atom is -0.508 e. The van der Waals surface area contributed by atoms with Gasteiger partial charge in [0.15, 0.2) is 0 Å². The summed E-state index contributed by atoms with van der Waals surface area (Å²) in [6.07, 6.45) is -0.0561. The predicted molar refractivity (Wildman–Crippen MR) is 86.0 cm³/mol. The van der Waals surface area contributed by atoms with Crippen LogP contribution < -0.4 is 0 Å². The Labute approximate surface area is 127 Å². The van der Waals surface area contributed by atoms with Gasteiger partial charge in [-0.2, -0.15) is 0 Å². The normalized spacial score (nSPS) is 15.8. The Balaban J connectivity index is 3.53. The molecule has 0 radical (unpaired) electrons. The first-order valence-corrected chi connectivity index (χ1v) is 8.78. The predicted octanol–water partition coefficient (Wildman–Crippen LogP) is 4.32. The standard InChI is InChI=1S/C16H27O4P/c1-15(2,3)12-9-14(17)13(16(4,5)6)8-11(12)10-21(18,19)20-7/h8-9,17H,10H2,1-7H3,(H,18,19). The van der Waals surface area contributed by atoms with E-state index >= 15 is 0 Å². The van der Waals surface area contributed by atoms with Gasteiger partial charge < -0.3 is 14.5 Å². The van der Waals surface area contributed by atoms with Crippen LogP contribution in [0.3, 0.4) is 0 Å². The molecule has 21 heavy (non-hydrogen) atoms. The highest BCUT2D eigenvalue weighted by Crippen LogP contribution is 2.48. The Morgan fingerprint density at radius 1 is 1.05 bits per heavy atom. The highest BCUT2D eigenvalue weighted by atomic mass is 31.2. The maximum atomic E-state index is 11.9. The number of aromatic hydroxyl groups is 1. The maximum absolute atomic E-state index is 11.9. The van der Waals surface area contributed by atoms with E-state index in [-0.39, 0.29) is 22.7 Å². The van der Waals surface area contributed by atoms with Gasteiger partial charge in [-0.3, -0.25) is 4.57 Å². The van der Waals surface area contributed by atoms with Gasteiger partial charge in [0.2, 0.25) is 0 Å². The lowest BCUT2D eigenvalue weighted by Gasteiger charge is -2.28. The molecule has 0 fully saturated rings. The smallest absolute Gasteiger partial charge is 0.332 e. The fraction of sp³-hybridized carbons (Fsp3) is 0.625. The van der Waals surface area contributed by atoms with Crippen molar-refractivity contribution in [3.63, 3.8) is 0 Å². The molecule has 1 rings (SSSR count). The third kappa shape index (κ3) is 4.57. The first-order chi connectivity index (χ1) is 9.28. The second-order valence-electron chi connectivity index (χ2n) is 7.50. The van der Waals surface area contributed by atoms with Crippen LogP contribution in [0.15, 0.2) is 12.1 Å². The molecule has 1 unspecified atom stereocenters. The summed E-state index contributed by atoms with van der Waals surface area (Å²) < 4.78 is 16.7. The molecule has 4 nitrogen and oxygen atoms in total. The Morgan fingerprint density at radius 2 is 1.52 bits per heavy atom. The molecule has 0 aliphatic carbocycles. The van der Waals surface area contributed by atoms with Gasteiger partial charge >= 0.3 is 7.60 Å². The second kappa shape index (κ2) is 5.75. The summed E-state index contributed by atoms with van der Waals surface area (Å²) in [6, 6.07) is 3.55. The number of hydrogen-bond donors (Lipinski definition) is 2. The summed E-state index contributed by atoms with van der Waals surface area (Å²) >= 11 is 0. The topological polar surface area (TPSA) is 66.8 Å². The molecule has 120 valence electrons. The first-order valence-electron chi connectivity index (χ1n) is 7.02. The molecular weight excluding hydrogens is 287 g/mol. The molecule has 0 saturated carbocycles. The zero-order chi connectivity index (χ0) is 16.6. The third-order valence-corrected chi connectivity index (χ3v) is 4.80. The van der Waals surface area contributed by atoms with Crippen molar-refractivity contribution in [3.05, 3.63) is 28.8 Å². The average molecular weight is 314 g/mol. The van der Waals surface area contributed by atoms with E-state index < -0.39 is 7.60 Å². The van der Waals surface area contributed by atoms with E-state index in [2.05, 4.69) is 0 Å². The highest BCUT2D eigenvalue weighted by molar-refractivity contribution is 7.51. The van der Waals surface area contributed by atoms with Crippen LogP contribution in [0, 0.1) is 0 Å². The minimum absolute atomic E-state index is 0.0561. The molecule has 0 aliphatic heterocycles. The summed E-state index contributed by atoms with van der Waals surface area (Å²) in [5.41, 5.74) is 1.89. The van der Waals surface area contributed by atoms with Gasteiger partial charge in [-0.05, 0) is 33.6 Å². The van der Waals surface area contributed by atoms with Gasteiger partial charge in [-0.15, -0.1) is 0 Å². The average Bonchev–Trinajstić information content (AvgIpc) is 2.28. The molecule has 1 aromatic rings. The van der Waals surface area contributed by atoms with Gasteiger partial charge in [-0.1, -0.05) is 47.6 Å². The van der Waals surface area contributed by atoms with Crippen molar-refractivity contribution in [2.45, 2.75) is 58.5 Å². The first kappa shape index (κ1) is 18.2. The van der Waals surface area contributed by atoms with E-state index in [1.807, 2.05) is 47.6 Å². The lowest BCUT2D eigenvalue weighted by molar-refractivity contribution is 0.314. The van der Waals surface area contributed by atoms with Crippen LogP contribution in [0.4, 0.5) is 0 Å². The zero-order valence-electron chi connectivity index (χ0n) is 14.0. The minimum atomic E-state index is -3.66. The summed E-state index contributed by atoms with van der Waals surface area (Å²) in [4.78, 5) is 9.80. The summed E-state index contributed by atoms with van der Waals surface area (Å²) in [7, 11) is -2.42.